The first-order chi connectivity index (χ1) is 13.1. The van der Waals surface area contributed by atoms with Crippen molar-refractivity contribution in [1.29, 1.82) is 0 Å². The van der Waals surface area contributed by atoms with E-state index in [1.54, 1.807) is 12.1 Å². The van der Waals surface area contributed by atoms with Crippen LogP contribution >= 0.6 is 0 Å². The predicted octanol–water partition coefficient (Wildman–Crippen LogP) is 3.62. The molecule has 3 fully saturated rings. The number of nitrogens with zero attached hydrogens (tertiary/aromatic N) is 1. The van der Waals surface area contributed by atoms with Crippen LogP contribution in [0.1, 0.15) is 38.5 Å². The van der Waals surface area contributed by atoms with Crippen molar-refractivity contribution in [3.8, 4) is 0 Å². The first-order valence-corrected chi connectivity index (χ1v) is 10.2. The van der Waals surface area contributed by atoms with Gasteiger partial charge in [-0.2, -0.15) is 0 Å². The fraction of sp³-hybridized carbons (Fsp3) is 0.619. The normalized spacial score (nSPS) is 29.6. The molecule has 4 rings (SSSR count). The summed E-state index contributed by atoms with van der Waals surface area (Å²) in [6.45, 7) is 2.10. The molecule has 5 nitrogen and oxygen atoms in total. The molecule has 1 saturated heterocycles. The average Bonchev–Trinajstić information content (AvgIpc) is 3.29. The molecule has 3 aliphatic rings. The molecule has 0 radical (unpaired) electrons. The number of fused-ring (bicyclic) bond motifs is 2. The average molecular weight is 373 g/mol. The van der Waals surface area contributed by atoms with Gasteiger partial charge in [-0.1, -0.05) is 12.5 Å². The first-order valence-electron chi connectivity index (χ1n) is 10.2. The number of hydrogen-bond donors (Lipinski definition) is 2. The molecule has 1 aliphatic heterocycles. The number of rotatable bonds is 4. The Balaban J connectivity index is 1.25. The monoisotopic (exact) mass is 373 g/mol. The van der Waals surface area contributed by atoms with Crippen LogP contribution in [-0.2, 0) is 4.79 Å². The van der Waals surface area contributed by atoms with Crippen LogP contribution in [0, 0.1) is 29.5 Å². The lowest BCUT2D eigenvalue weighted by Gasteiger charge is -2.36. The molecule has 1 aromatic carbocycles. The van der Waals surface area contributed by atoms with E-state index in [1.807, 2.05) is 4.90 Å². The third-order valence-corrected chi connectivity index (χ3v) is 6.52. The lowest BCUT2D eigenvalue weighted by molar-refractivity contribution is -0.139. The van der Waals surface area contributed by atoms with Crippen molar-refractivity contribution in [3.05, 3.63) is 30.1 Å². The van der Waals surface area contributed by atoms with Gasteiger partial charge in [0, 0.05) is 31.2 Å². The summed E-state index contributed by atoms with van der Waals surface area (Å²) in [6.07, 6.45) is 6.86. The molecule has 2 aliphatic carbocycles. The SMILES string of the molecule is O=C(NC[C@H]1CCCN(C(=O)[C@H]2C[C@H]3CC[C@H]2C3)C1)Nc1cccc(F)c1. The molecule has 6 heteroatoms. The second-order valence-corrected chi connectivity index (χ2v) is 8.42. The van der Waals surface area contributed by atoms with E-state index in [4.69, 9.17) is 0 Å². The number of amides is 3. The fourth-order valence-corrected chi connectivity index (χ4v) is 5.19. The smallest absolute Gasteiger partial charge is 0.319 e. The Morgan fingerprint density at radius 2 is 2.07 bits per heavy atom. The van der Waals surface area contributed by atoms with E-state index in [1.165, 1.54) is 31.4 Å². The lowest BCUT2D eigenvalue weighted by atomic mass is 9.86. The lowest BCUT2D eigenvalue weighted by Crippen LogP contribution is -2.47. The molecule has 2 saturated carbocycles. The number of nitrogens with one attached hydrogen (secondary N) is 2. The van der Waals surface area contributed by atoms with Gasteiger partial charge in [-0.05, 0) is 68.1 Å². The summed E-state index contributed by atoms with van der Waals surface area (Å²) in [6, 6.07) is 5.50. The van der Waals surface area contributed by atoms with Gasteiger partial charge in [0.25, 0.3) is 0 Å². The molecule has 0 aromatic heterocycles. The minimum atomic E-state index is -0.380. The molecule has 4 atom stereocenters. The zero-order valence-electron chi connectivity index (χ0n) is 15.6. The van der Waals surface area contributed by atoms with Crippen LogP contribution in [0.2, 0.25) is 0 Å². The van der Waals surface area contributed by atoms with Gasteiger partial charge < -0.3 is 15.5 Å². The maximum Gasteiger partial charge on any atom is 0.319 e. The third kappa shape index (κ3) is 4.25. The topological polar surface area (TPSA) is 61.4 Å². The summed E-state index contributed by atoms with van der Waals surface area (Å²) in [4.78, 5) is 27.0. The van der Waals surface area contributed by atoms with Crippen LogP contribution in [0.3, 0.4) is 0 Å². The minimum Gasteiger partial charge on any atom is -0.342 e. The van der Waals surface area contributed by atoms with Gasteiger partial charge in [-0.25, -0.2) is 9.18 Å². The first kappa shape index (κ1) is 18.3. The Morgan fingerprint density at radius 3 is 2.81 bits per heavy atom. The van der Waals surface area contributed by atoms with Crippen LogP contribution in [-0.4, -0.2) is 36.5 Å². The van der Waals surface area contributed by atoms with Gasteiger partial charge in [0.15, 0.2) is 0 Å². The number of urea groups is 1. The molecule has 2 bridgehead atoms. The van der Waals surface area contributed by atoms with Gasteiger partial charge >= 0.3 is 6.03 Å². The number of halogens is 1. The van der Waals surface area contributed by atoms with Crippen molar-refractivity contribution >= 4 is 17.6 Å². The summed E-state index contributed by atoms with van der Waals surface area (Å²) in [7, 11) is 0. The van der Waals surface area contributed by atoms with Gasteiger partial charge in [-0.3, -0.25) is 4.79 Å². The number of carbonyl (C=O) groups is 2. The molecule has 1 heterocycles. The van der Waals surface area contributed by atoms with Gasteiger partial charge in [0.05, 0.1) is 0 Å². The third-order valence-electron chi connectivity index (χ3n) is 6.52. The highest BCUT2D eigenvalue weighted by Gasteiger charge is 2.44. The molecular formula is C21H28FN3O2. The summed E-state index contributed by atoms with van der Waals surface area (Å²) in [5.74, 6) is 1.87. The van der Waals surface area contributed by atoms with Crippen LogP contribution in [0.25, 0.3) is 0 Å². The number of likely N-dealkylation sites (tertiary alicyclic amines) is 1. The number of benzene rings is 1. The number of hydrogen-bond acceptors (Lipinski definition) is 2. The van der Waals surface area contributed by atoms with Crippen molar-refractivity contribution < 1.29 is 14.0 Å². The maximum atomic E-state index is 13.2. The fourth-order valence-electron chi connectivity index (χ4n) is 5.19. The van der Waals surface area contributed by atoms with Crippen LogP contribution in [0.15, 0.2) is 24.3 Å². The zero-order chi connectivity index (χ0) is 18.8. The quantitative estimate of drug-likeness (QED) is 0.847. The zero-order valence-corrected chi connectivity index (χ0v) is 15.6. The predicted molar refractivity (Wildman–Crippen MR) is 102 cm³/mol. The van der Waals surface area contributed by atoms with Crippen LogP contribution in [0.5, 0.6) is 0 Å². The number of piperidine rings is 1. The molecule has 146 valence electrons. The van der Waals surface area contributed by atoms with E-state index in [2.05, 4.69) is 10.6 Å². The van der Waals surface area contributed by atoms with E-state index in [-0.39, 0.29) is 23.7 Å². The highest BCUT2D eigenvalue weighted by atomic mass is 19.1. The summed E-state index contributed by atoms with van der Waals surface area (Å²) in [5.41, 5.74) is 0.434. The van der Waals surface area contributed by atoms with Crippen LogP contribution < -0.4 is 10.6 Å². The summed E-state index contributed by atoms with van der Waals surface area (Å²) >= 11 is 0. The standard InChI is InChI=1S/C21H28FN3O2/c22-17-4-1-5-18(11-17)24-21(27)23-12-15-3-2-8-25(13-15)20(26)19-10-14-6-7-16(19)9-14/h1,4-5,11,14-16,19H,2-3,6-10,12-13H2,(H2,23,24,27)/t14-,15+,16-,19-/m0/s1. The number of carbonyl (C=O) groups excluding carboxylic acids is 2. The van der Waals surface area contributed by atoms with E-state index in [9.17, 15) is 14.0 Å². The van der Waals surface area contributed by atoms with Gasteiger partial charge in [0.1, 0.15) is 5.82 Å². The van der Waals surface area contributed by atoms with E-state index >= 15 is 0 Å². The molecular weight excluding hydrogens is 345 g/mol. The molecule has 0 unspecified atom stereocenters. The molecule has 0 spiro atoms. The molecule has 2 N–H and O–H groups in total. The van der Waals surface area contributed by atoms with Crippen molar-refractivity contribution in [2.24, 2.45) is 23.7 Å². The van der Waals surface area contributed by atoms with Gasteiger partial charge in [0.2, 0.25) is 5.91 Å². The van der Waals surface area contributed by atoms with Gasteiger partial charge in [-0.15, -0.1) is 0 Å². The maximum absolute atomic E-state index is 13.2. The van der Waals surface area contributed by atoms with Crippen molar-refractivity contribution in [2.75, 3.05) is 25.0 Å². The van der Waals surface area contributed by atoms with E-state index in [0.717, 1.165) is 38.3 Å². The van der Waals surface area contributed by atoms with E-state index in [0.29, 0.717) is 24.1 Å². The Hall–Kier alpha value is -2.11. The highest BCUT2D eigenvalue weighted by Crippen LogP contribution is 2.49. The Kier molecular flexibility index (Phi) is 5.32. The van der Waals surface area contributed by atoms with Crippen molar-refractivity contribution in [1.82, 2.24) is 10.2 Å². The second kappa shape index (κ2) is 7.87. The highest BCUT2D eigenvalue weighted by molar-refractivity contribution is 5.89. The van der Waals surface area contributed by atoms with E-state index < -0.39 is 0 Å². The Morgan fingerprint density at radius 1 is 1.19 bits per heavy atom. The second-order valence-electron chi connectivity index (χ2n) is 8.42. The molecule has 3 amide bonds. The van der Waals surface area contributed by atoms with Crippen molar-refractivity contribution in [3.63, 3.8) is 0 Å². The summed E-state index contributed by atoms with van der Waals surface area (Å²) in [5, 5.41) is 5.51. The summed E-state index contributed by atoms with van der Waals surface area (Å²) < 4.78 is 13.2. The molecule has 1 aromatic rings. The Bertz CT molecular complexity index is 710. The van der Waals surface area contributed by atoms with Crippen molar-refractivity contribution in [2.45, 2.75) is 38.5 Å². The Labute approximate surface area is 159 Å². The minimum absolute atomic E-state index is 0.242. The molecule has 27 heavy (non-hydrogen) atoms. The van der Waals surface area contributed by atoms with Crippen LogP contribution in [0.4, 0.5) is 14.9 Å². The largest absolute Gasteiger partial charge is 0.342 e. The number of anilines is 1.